The predicted octanol–water partition coefficient (Wildman–Crippen LogP) is 6.09. The van der Waals surface area contributed by atoms with Gasteiger partial charge in [-0.25, -0.2) is 4.99 Å². The number of thioether (sulfide) groups is 2. The highest BCUT2D eigenvalue weighted by atomic mass is 32.2. The van der Waals surface area contributed by atoms with Crippen LogP contribution in [-0.2, 0) is 16.1 Å². The Labute approximate surface area is 230 Å². The molecule has 0 aliphatic carbocycles. The van der Waals surface area contributed by atoms with Gasteiger partial charge in [-0.15, -0.1) is 0 Å². The van der Waals surface area contributed by atoms with E-state index >= 15 is 0 Å². The topological polar surface area (TPSA) is 71.4 Å². The molecule has 2 aliphatic heterocycles. The summed E-state index contributed by atoms with van der Waals surface area (Å²) < 4.78 is 10.9. The van der Waals surface area contributed by atoms with Crippen LogP contribution in [0, 0.1) is 0 Å². The van der Waals surface area contributed by atoms with Gasteiger partial charge < -0.3 is 14.4 Å². The number of amides is 1. The molecule has 9 heteroatoms. The van der Waals surface area contributed by atoms with Crippen molar-refractivity contribution in [3.8, 4) is 5.75 Å². The molecule has 0 bridgehead atoms. The number of benzene rings is 3. The Hall–Kier alpha value is -3.53. The quantitative estimate of drug-likeness (QED) is 0.193. The second kappa shape index (κ2) is 11.5. The van der Waals surface area contributed by atoms with E-state index in [2.05, 4.69) is 0 Å². The summed E-state index contributed by atoms with van der Waals surface area (Å²) in [7, 11) is 3.60. The number of methoxy groups -OCH3 is 1. The number of amidine groups is 1. The normalized spacial score (nSPS) is 17.9. The third-order valence-corrected chi connectivity index (χ3v) is 8.51. The number of fused-ring (bicyclic) bond motifs is 1. The summed E-state index contributed by atoms with van der Waals surface area (Å²) in [6.45, 7) is 2.90. The van der Waals surface area contributed by atoms with E-state index in [0.29, 0.717) is 41.1 Å². The Balaban J connectivity index is 1.49. The van der Waals surface area contributed by atoms with Gasteiger partial charge in [-0.1, -0.05) is 54.2 Å². The van der Waals surface area contributed by atoms with Gasteiger partial charge in [-0.2, -0.15) is 0 Å². The summed E-state index contributed by atoms with van der Waals surface area (Å²) in [4.78, 5) is 36.0. The molecule has 5 rings (SSSR count). The molecule has 0 spiro atoms. The molecular weight excluding hydrogens is 518 g/mol. The summed E-state index contributed by atoms with van der Waals surface area (Å²) >= 11 is 2.92. The largest absolute Gasteiger partial charge is 0.491 e. The number of hydrogen-bond donors (Lipinski definition) is 0. The van der Waals surface area contributed by atoms with Gasteiger partial charge in [0, 0.05) is 30.7 Å². The molecule has 38 heavy (non-hydrogen) atoms. The molecule has 0 unspecified atom stereocenters. The molecule has 3 aromatic rings. The maximum absolute atomic E-state index is 13.8. The van der Waals surface area contributed by atoms with Crippen LogP contribution in [0.1, 0.15) is 22.8 Å². The van der Waals surface area contributed by atoms with Crippen molar-refractivity contribution < 1.29 is 19.1 Å². The van der Waals surface area contributed by atoms with E-state index in [0.717, 1.165) is 26.9 Å². The van der Waals surface area contributed by atoms with E-state index in [1.54, 1.807) is 35.9 Å². The lowest BCUT2D eigenvalue weighted by molar-refractivity contribution is -0.122. The molecule has 0 atom stereocenters. The van der Waals surface area contributed by atoms with Crippen molar-refractivity contribution in [1.82, 2.24) is 4.90 Å². The van der Waals surface area contributed by atoms with Crippen molar-refractivity contribution in [1.29, 1.82) is 0 Å². The molecule has 1 fully saturated rings. The van der Waals surface area contributed by atoms with E-state index in [4.69, 9.17) is 14.5 Å². The number of carbonyl (C=O) groups is 2. The minimum Gasteiger partial charge on any atom is -0.491 e. The Morgan fingerprint density at radius 3 is 2.55 bits per heavy atom. The first-order valence-corrected chi connectivity index (χ1v) is 13.7. The minimum absolute atomic E-state index is 0.0292. The number of hydrogen-bond acceptors (Lipinski definition) is 8. The van der Waals surface area contributed by atoms with Crippen LogP contribution >= 0.6 is 23.5 Å². The number of aliphatic imine (C=N–C) groups is 1. The summed E-state index contributed by atoms with van der Waals surface area (Å²) in [6.07, 6.45) is 0. The smallest absolute Gasteiger partial charge is 0.269 e. The SMILES string of the molecule is COCCOc1ccc2c(c1)N(C)C(=C1SC(=Nc3cccc(C(C)=O)c3)N(Cc3ccccc3)C1=O)S2. The molecular formula is C29H27N3O4S2. The van der Waals surface area contributed by atoms with Gasteiger partial charge in [0.2, 0.25) is 0 Å². The summed E-state index contributed by atoms with van der Waals surface area (Å²) in [5, 5.41) is 1.43. The van der Waals surface area contributed by atoms with Gasteiger partial charge in [0.1, 0.15) is 17.3 Å². The monoisotopic (exact) mass is 545 g/mol. The zero-order chi connectivity index (χ0) is 26.6. The van der Waals surface area contributed by atoms with Crippen LogP contribution in [0.15, 0.2) is 92.6 Å². The number of rotatable bonds is 8. The molecule has 194 valence electrons. The Bertz CT molecular complexity index is 1440. The van der Waals surface area contributed by atoms with Crippen LogP contribution in [0.5, 0.6) is 5.75 Å². The van der Waals surface area contributed by atoms with Gasteiger partial charge >= 0.3 is 0 Å². The van der Waals surface area contributed by atoms with Gasteiger partial charge in [0.05, 0.1) is 29.6 Å². The zero-order valence-electron chi connectivity index (χ0n) is 21.3. The van der Waals surface area contributed by atoms with E-state index in [9.17, 15) is 9.59 Å². The summed E-state index contributed by atoms with van der Waals surface area (Å²) in [5.41, 5.74) is 3.20. The van der Waals surface area contributed by atoms with Crippen LogP contribution in [0.3, 0.4) is 0 Å². The molecule has 0 aromatic heterocycles. The zero-order valence-corrected chi connectivity index (χ0v) is 23.0. The molecule has 1 amide bonds. The Morgan fingerprint density at radius 2 is 1.79 bits per heavy atom. The van der Waals surface area contributed by atoms with Crippen LogP contribution in [0.25, 0.3) is 0 Å². The first-order valence-electron chi connectivity index (χ1n) is 12.1. The number of nitrogens with zero attached hydrogens (tertiary/aromatic N) is 3. The summed E-state index contributed by atoms with van der Waals surface area (Å²) in [5.74, 6) is 0.626. The van der Waals surface area contributed by atoms with Gasteiger partial charge in [-0.3, -0.25) is 14.5 Å². The highest BCUT2D eigenvalue weighted by Gasteiger charge is 2.39. The van der Waals surface area contributed by atoms with Crippen molar-refractivity contribution in [3.63, 3.8) is 0 Å². The highest BCUT2D eigenvalue weighted by Crippen LogP contribution is 2.51. The van der Waals surface area contributed by atoms with E-state index in [1.807, 2.05) is 72.6 Å². The number of Topliss-reactive ketones (excluding diaryl/α,β-unsaturated/α-hetero) is 1. The number of carbonyl (C=O) groups excluding carboxylic acids is 2. The molecule has 7 nitrogen and oxygen atoms in total. The van der Waals surface area contributed by atoms with Gasteiger partial charge in [-0.05, 0) is 48.5 Å². The molecule has 1 saturated heterocycles. The van der Waals surface area contributed by atoms with Crippen LogP contribution in [-0.4, -0.2) is 49.1 Å². The number of ether oxygens (including phenoxy) is 2. The average Bonchev–Trinajstić information content (AvgIpc) is 3.40. The fourth-order valence-electron chi connectivity index (χ4n) is 4.09. The maximum atomic E-state index is 13.8. The van der Waals surface area contributed by atoms with Crippen LogP contribution in [0.4, 0.5) is 11.4 Å². The third-order valence-electron chi connectivity index (χ3n) is 6.08. The fraction of sp³-hybridized carbons (Fsp3) is 0.207. The van der Waals surface area contributed by atoms with Gasteiger partial charge in [0.25, 0.3) is 5.91 Å². The Morgan fingerprint density at radius 1 is 0.974 bits per heavy atom. The average molecular weight is 546 g/mol. The number of ketones is 1. The lowest BCUT2D eigenvalue weighted by Gasteiger charge is -2.17. The fourth-order valence-corrected chi connectivity index (χ4v) is 6.41. The van der Waals surface area contributed by atoms with E-state index in [1.165, 1.54) is 18.7 Å². The van der Waals surface area contributed by atoms with Crippen molar-refractivity contribution in [2.24, 2.45) is 4.99 Å². The second-order valence-corrected chi connectivity index (χ2v) is 10.8. The molecule has 0 radical (unpaired) electrons. The second-order valence-electron chi connectivity index (χ2n) is 8.75. The third kappa shape index (κ3) is 5.50. The minimum atomic E-state index is -0.0981. The lowest BCUT2D eigenvalue weighted by Crippen LogP contribution is -2.29. The molecule has 3 aromatic carbocycles. The highest BCUT2D eigenvalue weighted by molar-refractivity contribution is 8.19. The summed E-state index contributed by atoms with van der Waals surface area (Å²) in [6, 6.07) is 23.0. The van der Waals surface area contributed by atoms with Crippen molar-refractivity contribution in [2.45, 2.75) is 18.4 Å². The molecule has 0 N–H and O–H groups in total. The van der Waals surface area contributed by atoms with Gasteiger partial charge in [0.15, 0.2) is 11.0 Å². The standard InChI is InChI=1S/C29H27N3O4S2/c1-19(33)21-10-7-11-22(16-21)30-29-32(18-20-8-5-4-6-9-20)27(34)26(38-29)28-31(2)24-17-23(36-15-14-35-3)12-13-25(24)37-28/h4-13,16-17H,14-15,18H2,1-3H3. The van der Waals surface area contributed by atoms with Crippen LogP contribution in [0.2, 0.25) is 0 Å². The molecule has 2 heterocycles. The Kier molecular flexibility index (Phi) is 7.87. The first kappa shape index (κ1) is 26.1. The van der Waals surface area contributed by atoms with Crippen molar-refractivity contribution >= 4 is 51.8 Å². The van der Waals surface area contributed by atoms with E-state index in [-0.39, 0.29) is 11.7 Å². The van der Waals surface area contributed by atoms with Crippen LogP contribution < -0.4 is 9.64 Å². The molecule has 2 aliphatic rings. The predicted molar refractivity (Wildman–Crippen MR) is 153 cm³/mol. The van der Waals surface area contributed by atoms with Crippen molar-refractivity contribution in [3.05, 3.63) is 93.9 Å². The first-order chi connectivity index (χ1) is 18.4. The van der Waals surface area contributed by atoms with Crippen molar-refractivity contribution in [2.75, 3.05) is 32.3 Å². The maximum Gasteiger partial charge on any atom is 0.269 e. The molecule has 0 saturated carbocycles. The number of anilines is 1. The lowest BCUT2D eigenvalue weighted by atomic mass is 10.1. The van der Waals surface area contributed by atoms with E-state index < -0.39 is 0 Å².